The Kier molecular flexibility index (Phi) is 3.22. The number of nitrogens with zero attached hydrogens (tertiary/aromatic N) is 1. The number of benzene rings is 1. The summed E-state index contributed by atoms with van der Waals surface area (Å²) in [5.41, 5.74) is 0.859. The smallest absolute Gasteiger partial charge is 0.185 e. The van der Waals surface area contributed by atoms with Crippen molar-refractivity contribution in [2.24, 2.45) is 5.92 Å². The molecular weight excluding hydrogens is 185 g/mol. The minimum absolute atomic E-state index is 0.200. The maximum Gasteiger partial charge on any atom is 0.185 e. The van der Waals surface area contributed by atoms with Crippen LogP contribution in [0, 0.1) is 5.92 Å². The summed E-state index contributed by atoms with van der Waals surface area (Å²) >= 11 is 0. The summed E-state index contributed by atoms with van der Waals surface area (Å²) in [6, 6.07) is 9.64. The van der Waals surface area contributed by atoms with Crippen LogP contribution in [0.5, 0.6) is 0 Å². The molecule has 0 aromatic heterocycles. The summed E-state index contributed by atoms with van der Waals surface area (Å²) < 4.78 is 0. The first-order chi connectivity index (χ1) is 7.27. The monoisotopic (exact) mass is 201 g/mol. The molecule has 1 atom stereocenters. The van der Waals surface area contributed by atoms with E-state index in [0.29, 0.717) is 5.78 Å². The van der Waals surface area contributed by atoms with Crippen molar-refractivity contribution < 1.29 is 4.79 Å². The van der Waals surface area contributed by atoms with Gasteiger partial charge in [-0.25, -0.2) is 0 Å². The summed E-state index contributed by atoms with van der Waals surface area (Å²) in [6.45, 7) is 2.03. The normalized spacial score (nSPS) is 22.5. The Labute approximate surface area is 91.7 Å². The van der Waals surface area contributed by atoms with Gasteiger partial charge in [-0.15, -0.1) is 0 Å². The average Bonchev–Trinajstić information content (AvgIpc) is 2.29. The van der Waals surface area contributed by atoms with Crippen molar-refractivity contribution in [2.45, 2.75) is 12.8 Å². The van der Waals surface area contributed by atoms with E-state index in [0.717, 1.165) is 31.5 Å². The lowest BCUT2D eigenvalue weighted by Crippen LogP contribution is -2.36. The Morgan fingerprint density at radius 1 is 1.33 bits per heavy atom. The fourth-order valence-electron chi connectivity index (χ4n) is 2.22. The van der Waals surface area contributed by atoms with E-state index in [-0.39, 0.29) is 5.92 Å². The van der Waals surface area contributed by atoms with Gasteiger partial charge >= 0.3 is 0 Å². The first-order valence-corrected chi connectivity index (χ1v) is 5.55. The fraction of sp³-hybridized carbons (Fsp3) is 0.417. The van der Waals surface area contributed by atoms with Crippen LogP contribution in [0.15, 0.2) is 30.3 Å². The molecule has 0 radical (unpaired) electrons. The van der Waals surface area contributed by atoms with Gasteiger partial charge in [0.1, 0.15) is 0 Å². The second-order valence-corrected chi connectivity index (χ2v) is 4.33. The zero-order valence-corrected chi connectivity index (χ0v) is 9.15. The van der Waals surface area contributed by atoms with Gasteiger partial charge < -0.3 is 4.81 Å². The zero-order valence-electron chi connectivity index (χ0n) is 9.15. The number of hydrogen-bond donors (Lipinski definition) is 0. The third-order valence-corrected chi connectivity index (χ3v) is 3.05. The standard InChI is InChI=1S/C12H16BNO/c13-14-8-4-7-11(9-14)12(15)10-5-2-1-3-6-10/h1-3,5-6,11H,4,7-9,13H2/t11-/m1/s1. The van der Waals surface area contributed by atoms with Crippen LogP contribution in [0.25, 0.3) is 0 Å². The molecule has 1 aliphatic heterocycles. The van der Waals surface area contributed by atoms with Crippen molar-refractivity contribution in [1.29, 1.82) is 0 Å². The zero-order chi connectivity index (χ0) is 10.7. The van der Waals surface area contributed by atoms with Crippen molar-refractivity contribution in [1.82, 2.24) is 4.81 Å². The highest BCUT2D eigenvalue weighted by atomic mass is 16.1. The summed E-state index contributed by atoms with van der Waals surface area (Å²) in [5, 5.41) is 0. The molecule has 0 amide bonds. The minimum atomic E-state index is 0.200. The number of Topliss-reactive ketones (excluding diaryl/α,β-unsaturated/α-hetero) is 1. The van der Waals surface area contributed by atoms with Crippen LogP contribution < -0.4 is 0 Å². The number of carbonyl (C=O) groups excluding carboxylic acids is 1. The largest absolute Gasteiger partial charge is 0.348 e. The van der Waals surface area contributed by atoms with Gasteiger partial charge in [0, 0.05) is 11.5 Å². The summed E-state index contributed by atoms with van der Waals surface area (Å²) in [6.07, 6.45) is 2.18. The van der Waals surface area contributed by atoms with E-state index in [1.54, 1.807) is 0 Å². The van der Waals surface area contributed by atoms with Crippen molar-refractivity contribution >= 4 is 13.8 Å². The van der Waals surface area contributed by atoms with E-state index >= 15 is 0 Å². The number of piperidine rings is 1. The van der Waals surface area contributed by atoms with E-state index < -0.39 is 0 Å². The van der Waals surface area contributed by atoms with Crippen LogP contribution in [-0.2, 0) is 0 Å². The molecule has 2 rings (SSSR count). The predicted octanol–water partition coefficient (Wildman–Crippen LogP) is 1.13. The number of hydrogen-bond acceptors (Lipinski definition) is 2. The molecule has 15 heavy (non-hydrogen) atoms. The van der Waals surface area contributed by atoms with E-state index in [4.69, 9.17) is 0 Å². The van der Waals surface area contributed by atoms with Crippen LogP contribution in [0.3, 0.4) is 0 Å². The Balaban J connectivity index is 2.08. The van der Waals surface area contributed by atoms with Gasteiger partial charge in [-0.1, -0.05) is 30.3 Å². The predicted molar refractivity (Wildman–Crippen MR) is 63.6 cm³/mol. The van der Waals surface area contributed by atoms with Gasteiger partial charge in [-0.2, -0.15) is 0 Å². The summed E-state index contributed by atoms with van der Waals surface area (Å²) in [7, 11) is 2.09. The maximum atomic E-state index is 12.1. The maximum absolute atomic E-state index is 12.1. The molecule has 1 aromatic carbocycles. The molecule has 1 fully saturated rings. The molecule has 1 heterocycles. The van der Waals surface area contributed by atoms with Crippen LogP contribution >= 0.6 is 0 Å². The summed E-state index contributed by atoms with van der Waals surface area (Å²) in [4.78, 5) is 14.4. The molecule has 3 heteroatoms. The highest BCUT2D eigenvalue weighted by molar-refractivity contribution is 6.05. The lowest BCUT2D eigenvalue weighted by atomic mass is 9.89. The van der Waals surface area contributed by atoms with Gasteiger partial charge in [0.25, 0.3) is 0 Å². The molecule has 1 aromatic rings. The fourth-order valence-corrected chi connectivity index (χ4v) is 2.22. The first-order valence-electron chi connectivity index (χ1n) is 5.55. The molecule has 0 unspecified atom stereocenters. The molecule has 78 valence electrons. The van der Waals surface area contributed by atoms with Gasteiger partial charge in [0.2, 0.25) is 0 Å². The molecule has 0 aliphatic carbocycles. The van der Waals surface area contributed by atoms with Gasteiger partial charge in [-0.05, 0) is 25.9 Å². The summed E-state index contributed by atoms with van der Waals surface area (Å²) in [5.74, 6) is 0.508. The Morgan fingerprint density at radius 2 is 2.07 bits per heavy atom. The molecule has 1 saturated heterocycles. The minimum Gasteiger partial charge on any atom is -0.348 e. The lowest BCUT2D eigenvalue weighted by molar-refractivity contribution is 0.0872. The molecular formula is C12H16BNO. The van der Waals surface area contributed by atoms with E-state index in [1.165, 1.54) is 0 Å². The quantitative estimate of drug-likeness (QED) is 0.528. The lowest BCUT2D eigenvalue weighted by Gasteiger charge is -2.29. The van der Waals surface area contributed by atoms with E-state index in [1.807, 2.05) is 30.3 Å². The van der Waals surface area contributed by atoms with Crippen molar-refractivity contribution in [3.8, 4) is 0 Å². The average molecular weight is 201 g/mol. The second-order valence-electron chi connectivity index (χ2n) is 4.33. The number of carbonyl (C=O) groups is 1. The Morgan fingerprint density at radius 3 is 2.73 bits per heavy atom. The topological polar surface area (TPSA) is 20.3 Å². The van der Waals surface area contributed by atoms with Crippen LogP contribution in [0.2, 0.25) is 0 Å². The molecule has 2 nitrogen and oxygen atoms in total. The SMILES string of the molecule is BN1CCC[C@@H](C(=O)c2ccccc2)C1. The third-order valence-electron chi connectivity index (χ3n) is 3.05. The highest BCUT2D eigenvalue weighted by Crippen LogP contribution is 2.19. The van der Waals surface area contributed by atoms with Crippen LogP contribution in [0.1, 0.15) is 23.2 Å². The van der Waals surface area contributed by atoms with Crippen molar-refractivity contribution in [3.05, 3.63) is 35.9 Å². The van der Waals surface area contributed by atoms with E-state index in [9.17, 15) is 4.79 Å². The molecule has 0 spiro atoms. The Hall–Kier alpha value is -1.09. The van der Waals surface area contributed by atoms with Gasteiger partial charge in [0.05, 0.1) is 0 Å². The number of rotatable bonds is 2. The van der Waals surface area contributed by atoms with Crippen LogP contribution in [-0.4, -0.2) is 31.7 Å². The third kappa shape index (κ3) is 2.48. The van der Waals surface area contributed by atoms with Crippen molar-refractivity contribution in [2.75, 3.05) is 13.1 Å². The Bertz CT molecular complexity index is 339. The molecule has 0 bridgehead atoms. The first kappa shape index (κ1) is 10.4. The molecule has 0 N–H and O–H groups in total. The van der Waals surface area contributed by atoms with Crippen molar-refractivity contribution in [3.63, 3.8) is 0 Å². The van der Waals surface area contributed by atoms with Gasteiger partial charge in [-0.3, -0.25) is 4.79 Å². The van der Waals surface area contributed by atoms with Gasteiger partial charge in [0.15, 0.2) is 13.8 Å². The molecule has 1 aliphatic rings. The second kappa shape index (κ2) is 4.62. The van der Waals surface area contributed by atoms with Crippen LogP contribution in [0.4, 0.5) is 0 Å². The van der Waals surface area contributed by atoms with E-state index in [2.05, 4.69) is 12.8 Å². The highest BCUT2D eigenvalue weighted by Gasteiger charge is 2.24. The molecule has 0 saturated carbocycles. The number of ketones is 1.